The molecule has 6 nitrogen and oxygen atoms in total. The quantitative estimate of drug-likeness (QED) is 0.347. The van der Waals surface area contributed by atoms with Crippen molar-refractivity contribution in [1.82, 2.24) is 9.80 Å². The molecule has 0 saturated carbocycles. The Hall–Kier alpha value is -2.56. The Morgan fingerprint density at radius 2 is 1.88 bits per heavy atom. The third-order valence-corrected chi connectivity index (χ3v) is 4.34. The van der Waals surface area contributed by atoms with Gasteiger partial charge in [0.15, 0.2) is 16.6 Å². The summed E-state index contributed by atoms with van der Waals surface area (Å²) in [4.78, 5) is 27.2. The van der Waals surface area contributed by atoms with Crippen LogP contribution in [0.15, 0.2) is 17.7 Å². The van der Waals surface area contributed by atoms with E-state index in [0.717, 1.165) is 0 Å². The molecule has 0 atom stereocenters. The summed E-state index contributed by atoms with van der Waals surface area (Å²) in [5, 5.41) is 0.384. The average molecular weight is 379 g/mol. The van der Waals surface area contributed by atoms with Gasteiger partial charge in [0.05, 0.1) is 12.1 Å². The van der Waals surface area contributed by atoms with Crippen LogP contribution >= 0.6 is 23.8 Å². The van der Waals surface area contributed by atoms with Crippen molar-refractivity contribution in [2.45, 2.75) is 0 Å². The number of rotatable bonds is 4. The molecule has 0 aromatic heterocycles. The fraction of sp³-hybridized carbons (Fsp3) is 0.235. The van der Waals surface area contributed by atoms with Crippen LogP contribution in [0.4, 0.5) is 0 Å². The van der Waals surface area contributed by atoms with E-state index in [1.807, 2.05) is 0 Å². The lowest BCUT2D eigenvalue weighted by molar-refractivity contribution is -0.132. The normalized spacial score (nSPS) is 14.5. The van der Waals surface area contributed by atoms with Crippen molar-refractivity contribution in [2.75, 3.05) is 27.8 Å². The van der Waals surface area contributed by atoms with E-state index < -0.39 is 11.8 Å². The van der Waals surface area contributed by atoms with Crippen LogP contribution in [0.25, 0.3) is 6.08 Å². The van der Waals surface area contributed by atoms with Crippen LogP contribution in [-0.2, 0) is 9.59 Å². The van der Waals surface area contributed by atoms with Crippen molar-refractivity contribution in [1.29, 1.82) is 0 Å². The minimum atomic E-state index is -0.490. The molecule has 8 heteroatoms. The van der Waals surface area contributed by atoms with E-state index >= 15 is 0 Å². The zero-order valence-corrected chi connectivity index (χ0v) is 15.4. The summed E-state index contributed by atoms with van der Waals surface area (Å²) in [5.41, 5.74) is 0.468. The largest absolute Gasteiger partial charge is 0.493 e. The van der Waals surface area contributed by atoms with Gasteiger partial charge in [0.1, 0.15) is 12.2 Å². The lowest BCUT2D eigenvalue weighted by atomic mass is 10.1. The predicted molar refractivity (Wildman–Crippen MR) is 98.4 cm³/mol. The topological polar surface area (TPSA) is 59.1 Å². The van der Waals surface area contributed by atoms with E-state index in [0.29, 0.717) is 17.1 Å². The Morgan fingerprint density at radius 1 is 1.28 bits per heavy atom. The summed E-state index contributed by atoms with van der Waals surface area (Å²) < 4.78 is 10.6. The Kier molecular flexibility index (Phi) is 5.67. The van der Waals surface area contributed by atoms with Crippen LogP contribution < -0.4 is 9.47 Å². The van der Waals surface area contributed by atoms with Crippen LogP contribution in [0.3, 0.4) is 0 Å². The van der Waals surface area contributed by atoms with Crippen molar-refractivity contribution in [2.24, 2.45) is 0 Å². The van der Waals surface area contributed by atoms with Gasteiger partial charge in [0, 0.05) is 14.1 Å². The second kappa shape index (κ2) is 7.55. The fourth-order valence-corrected chi connectivity index (χ4v) is 2.66. The van der Waals surface area contributed by atoms with Gasteiger partial charge in [0.2, 0.25) is 0 Å². The van der Waals surface area contributed by atoms with E-state index in [-0.39, 0.29) is 22.3 Å². The highest BCUT2D eigenvalue weighted by Crippen LogP contribution is 2.37. The number of terminal acetylenes is 1. The maximum atomic E-state index is 12.4. The zero-order valence-electron chi connectivity index (χ0n) is 13.8. The van der Waals surface area contributed by atoms with Gasteiger partial charge in [-0.2, -0.15) is 0 Å². The molecular formula is C17H15ClN2O4S. The van der Waals surface area contributed by atoms with E-state index in [1.54, 1.807) is 12.1 Å². The Bertz CT molecular complexity index is 803. The molecule has 0 radical (unpaired) electrons. The molecule has 1 aliphatic heterocycles. The van der Waals surface area contributed by atoms with Gasteiger partial charge >= 0.3 is 0 Å². The molecule has 0 spiro atoms. The average Bonchev–Trinajstić information content (AvgIpc) is 2.60. The lowest BCUT2D eigenvalue weighted by Gasteiger charge is -2.31. The highest BCUT2D eigenvalue weighted by Gasteiger charge is 2.35. The minimum absolute atomic E-state index is 0.0283. The number of likely N-dealkylation sites (N-methyl/N-ethyl adjacent to an activating group) is 2. The number of hydrogen-bond acceptors (Lipinski definition) is 5. The minimum Gasteiger partial charge on any atom is -0.493 e. The summed E-state index contributed by atoms with van der Waals surface area (Å²) in [5.74, 6) is 1.99. The standard InChI is InChI=1S/C17H15ClN2O4S/c1-5-6-24-14-12(18)8-10(9-13(14)23-4)7-11-15(21)19(2)17(25)20(3)16(11)22/h1,7-9H,6H2,2-4H3. The van der Waals surface area contributed by atoms with Gasteiger partial charge < -0.3 is 9.47 Å². The summed E-state index contributed by atoms with van der Waals surface area (Å²) >= 11 is 11.3. The van der Waals surface area contributed by atoms with Gasteiger partial charge in [-0.15, -0.1) is 6.42 Å². The molecule has 0 N–H and O–H groups in total. The van der Waals surface area contributed by atoms with Gasteiger partial charge in [-0.05, 0) is 36.0 Å². The first kappa shape index (κ1) is 18.8. The van der Waals surface area contributed by atoms with Crippen LogP contribution in [0.1, 0.15) is 5.56 Å². The number of carbonyl (C=O) groups excluding carboxylic acids is 2. The molecule has 1 fully saturated rings. The molecule has 1 aromatic carbocycles. The lowest BCUT2D eigenvalue weighted by Crippen LogP contribution is -2.52. The molecule has 25 heavy (non-hydrogen) atoms. The van der Waals surface area contributed by atoms with E-state index in [2.05, 4.69) is 5.92 Å². The van der Waals surface area contributed by atoms with Gasteiger partial charge in [-0.3, -0.25) is 19.4 Å². The van der Waals surface area contributed by atoms with Crippen molar-refractivity contribution < 1.29 is 19.1 Å². The Morgan fingerprint density at radius 3 is 2.40 bits per heavy atom. The maximum absolute atomic E-state index is 12.4. The molecule has 0 aliphatic carbocycles. The number of benzene rings is 1. The summed E-state index contributed by atoms with van der Waals surface area (Å²) in [6.45, 7) is 0.0283. The number of methoxy groups -OCH3 is 1. The molecule has 2 rings (SSSR count). The van der Waals surface area contributed by atoms with Gasteiger partial charge in [0.25, 0.3) is 11.8 Å². The number of carbonyl (C=O) groups is 2. The fourth-order valence-electron chi connectivity index (χ4n) is 2.22. The van der Waals surface area contributed by atoms with Crippen LogP contribution in [0.2, 0.25) is 5.02 Å². The predicted octanol–water partition coefficient (Wildman–Crippen LogP) is 1.96. The van der Waals surface area contributed by atoms with Crippen molar-refractivity contribution in [3.05, 3.63) is 28.3 Å². The number of thiocarbonyl (C=S) groups is 1. The number of nitrogens with zero attached hydrogens (tertiary/aromatic N) is 2. The zero-order chi connectivity index (χ0) is 18.7. The monoisotopic (exact) mass is 378 g/mol. The molecule has 0 bridgehead atoms. The third kappa shape index (κ3) is 3.60. The van der Waals surface area contributed by atoms with Gasteiger partial charge in [-0.25, -0.2) is 0 Å². The number of ether oxygens (including phenoxy) is 2. The summed E-state index contributed by atoms with van der Waals surface area (Å²) in [7, 11) is 4.46. The molecule has 0 unspecified atom stereocenters. The second-order valence-electron chi connectivity index (χ2n) is 5.10. The first-order valence-electron chi connectivity index (χ1n) is 7.07. The Labute approximate surface area is 155 Å². The van der Waals surface area contributed by atoms with Crippen LogP contribution in [-0.4, -0.2) is 54.5 Å². The van der Waals surface area contributed by atoms with Crippen LogP contribution in [0, 0.1) is 12.3 Å². The summed E-state index contributed by atoms with van der Waals surface area (Å²) in [6.07, 6.45) is 6.61. The van der Waals surface area contributed by atoms with Crippen LogP contribution in [0.5, 0.6) is 11.5 Å². The number of amides is 2. The molecule has 1 heterocycles. The second-order valence-corrected chi connectivity index (χ2v) is 5.87. The number of hydrogen-bond donors (Lipinski definition) is 0. The Balaban J connectivity index is 2.48. The van der Waals surface area contributed by atoms with Crippen molar-refractivity contribution >= 4 is 46.8 Å². The maximum Gasteiger partial charge on any atom is 0.265 e. The molecule has 130 valence electrons. The molecular weight excluding hydrogens is 364 g/mol. The molecule has 1 aromatic rings. The highest BCUT2D eigenvalue weighted by atomic mass is 35.5. The van der Waals surface area contributed by atoms with Crippen molar-refractivity contribution in [3.63, 3.8) is 0 Å². The summed E-state index contributed by atoms with van der Waals surface area (Å²) in [6, 6.07) is 3.15. The van der Waals surface area contributed by atoms with E-state index in [1.165, 1.54) is 37.1 Å². The first-order chi connectivity index (χ1) is 11.8. The molecule has 2 amide bonds. The molecule has 1 saturated heterocycles. The third-order valence-electron chi connectivity index (χ3n) is 3.51. The van der Waals surface area contributed by atoms with E-state index in [4.69, 9.17) is 39.7 Å². The number of halogens is 1. The smallest absolute Gasteiger partial charge is 0.265 e. The first-order valence-corrected chi connectivity index (χ1v) is 7.86. The SMILES string of the molecule is C#CCOc1c(Cl)cc(C=C2C(=O)N(C)C(=S)N(C)C2=O)cc1OC. The van der Waals surface area contributed by atoms with Gasteiger partial charge in [-0.1, -0.05) is 17.5 Å². The van der Waals surface area contributed by atoms with E-state index in [9.17, 15) is 9.59 Å². The van der Waals surface area contributed by atoms with Crippen molar-refractivity contribution in [3.8, 4) is 23.8 Å². The molecule has 1 aliphatic rings. The highest BCUT2D eigenvalue weighted by molar-refractivity contribution is 7.80.